The second kappa shape index (κ2) is 5.49. The highest BCUT2D eigenvalue weighted by molar-refractivity contribution is 6.32. The zero-order valence-electron chi connectivity index (χ0n) is 10.8. The van der Waals surface area contributed by atoms with Gasteiger partial charge in [-0.2, -0.15) is 0 Å². The third-order valence-corrected chi connectivity index (χ3v) is 3.52. The Morgan fingerprint density at radius 3 is 2.94 bits per heavy atom. The molecule has 0 atom stereocenters. The van der Waals surface area contributed by atoms with E-state index in [4.69, 9.17) is 11.6 Å². The first-order valence-electron chi connectivity index (χ1n) is 6.12. The Balaban J connectivity index is 2.45. The lowest BCUT2D eigenvalue weighted by molar-refractivity contribution is 0.899. The van der Waals surface area contributed by atoms with Crippen LogP contribution in [0.2, 0.25) is 5.02 Å². The molecule has 0 amide bonds. The number of rotatable bonds is 3. The summed E-state index contributed by atoms with van der Waals surface area (Å²) in [5.74, 6) is 0. The first kappa shape index (κ1) is 13.0. The molecule has 0 fully saturated rings. The van der Waals surface area contributed by atoms with Crippen molar-refractivity contribution < 1.29 is 0 Å². The zero-order chi connectivity index (χ0) is 13.1. The molecular weight excluding hydrogens is 244 g/mol. The second-order valence-electron chi connectivity index (χ2n) is 4.47. The van der Waals surface area contributed by atoms with E-state index in [2.05, 4.69) is 16.6 Å². The monoisotopic (exact) mass is 260 g/mol. The van der Waals surface area contributed by atoms with Gasteiger partial charge in [0.05, 0.1) is 11.4 Å². The van der Waals surface area contributed by atoms with Crippen molar-refractivity contribution >= 4 is 17.3 Å². The molecule has 0 bridgehead atoms. The van der Waals surface area contributed by atoms with Crippen LogP contribution >= 0.6 is 11.6 Å². The number of pyridine rings is 1. The van der Waals surface area contributed by atoms with Crippen LogP contribution in [-0.2, 0) is 12.8 Å². The summed E-state index contributed by atoms with van der Waals surface area (Å²) in [5.41, 5.74) is 5.10. The van der Waals surface area contributed by atoms with Crippen LogP contribution in [0, 0.1) is 0 Å². The van der Waals surface area contributed by atoms with Crippen molar-refractivity contribution in [3.8, 4) is 0 Å². The van der Waals surface area contributed by atoms with E-state index in [1.165, 1.54) is 5.56 Å². The maximum atomic E-state index is 6.31. The van der Waals surface area contributed by atoms with Crippen molar-refractivity contribution in [1.82, 2.24) is 4.98 Å². The smallest absolute Gasteiger partial charge is 0.0899 e. The molecule has 1 aromatic heterocycles. The molecule has 3 heteroatoms. The molecule has 2 nitrogen and oxygen atoms in total. The van der Waals surface area contributed by atoms with Gasteiger partial charge in [0.1, 0.15) is 0 Å². The molecule has 18 heavy (non-hydrogen) atoms. The minimum Gasteiger partial charge on any atom is -0.286 e. The van der Waals surface area contributed by atoms with E-state index in [1.54, 1.807) is 13.1 Å². The predicted molar refractivity (Wildman–Crippen MR) is 77.7 cm³/mol. The minimum absolute atomic E-state index is 0.818. The summed E-state index contributed by atoms with van der Waals surface area (Å²) in [6.07, 6.45) is 6.99. The molecule has 0 saturated heterocycles. The number of hydrogen-bond donors (Lipinski definition) is 0. The molecule has 0 radical (unpaired) electrons. The lowest BCUT2D eigenvalue weighted by Gasteiger charge is -2.07. The molecular formula is C15H17ClN2. The average Bonchev–Trinajstić information content (AvgIpc) is 2.84. The van der Waals surface area contributed by atoms with E-state index in [1.807, 2.05) is 19.1 Å². The summed E-state index contributed by atoms with van der Waals surface area (Å²) in [4.78, 5) is 8.96. The number of aryl methyl sites for hydroxylation is 1. The molecule has 2 rings (SSSR count). The Morgan fingerprint density at radius 2 is 2.28 bits per heavy atom. The van der Waals surface area contributed by atoms with Crippen LogP contribution in [0.25, 0.3) is 0 Å². The molecule has 1 aromatic rings. The van der Waals surface area contributed by atoms with Gasteiger partial charge in [-0.15, -0.1) is 0 Å². The van der Waals surface area contributed by atoms with Gasteiger partial charge in [-0.3, -0.25) is 9.98 Å². The first-order valence-corrected chi connectivity index (χ1v) is 6.49. The van der Waals surface area contributed by atoms with Crippen molar-refractivity contribution in [3.05, 3.63) is 52.3 Å². The standard InChI is InChI=1S/C15H17ClN2/c1-4-10(2)8-14(17-3)15-9-12(16)11-6-5-7-13(11)18-15/h4,8-9H,1,5-7H2,2-3H3/b10-8-,17-14?. The topological polar surface area (TPSA) is 25.2 Å². The lowest BCUT2D eigenvalue weighted by atomic mass is 10.1. The number of aromatic nitrogens is 1. The summed E-state index contributed by atoms with van der Waals surface area (Å²) in [6.45, 7) is 5.74. The van der Waals surface area contributed by atoms with Crippen molar-refractivity contribution in [2.45, 2.75) is 26.2 Å². The largest absolute Gasteiger partial charge is 0.286 e. The van der Waals surface area contributed by atoms with Crippen LogP contribution in [0.3, 0.4) is 0 Å². The average molecular weight is 261 g/mol. The number of aliphatic imine (C=N–C) groups is 1. The van der Waals surface area contributed by atoms with Crippen LogP contribution in [-0.4, -0.2) is 17.7 Å². The highest BCUT2D eigenvalue weighted by Crippen LogP contribution is 2.28. The molecule has 0 aliphatic heterocycles. The number of fused-ring (bicyclic) bond motifs is 1. The quantitative estimate of drug-likeness (QED) is 0.600. The van der Waals surface area contributed by atoms with Crippen molar-refractivity contribution in [2.24, 2.45) is 4.99 Å². The van der Waals surface area contributed by atoms with Gasteiger partial charge in [0.15, 0.2) is 0 Å². The predicted octanol–water partition coefficient (Wildman–Crippen LogP) is 3.77. The molecule has 94 valence electrons. The lowest BCUT2D eigenvalue weighted by Crippen LogP contribution is -2.04. The Kier molecular flexibility index (Phi) is 3.97. The van der Waals surface area contributed by atoms with Crippen LogP contribution in [0.4, 0.5) is 0 Å². The normalized spacial score (nSPS) is 15.7. The van der Waals surface area contributed by atoms with Crippen LogP contribution < -0.4 is 0 Å². The van der Waals surface area contributed by atoms with Gasteiger partial charge < -0.3 is 0 Å². The Hall–Kier alpha value is -1.41. The Labute approximate surface area is 113 Å². The van der Waals surface area contributed by atoms with Crippen LogP contribution in [0.5, 0.6) is 0 Å². The highest BCUT2D eigenvalue weighted by Gasteiger charge is 2.17. The minimum atomic E-state index is 0.818. The summed E-state index contributed by atoms with van der Waals surface area (Å²) in [5, 5.41) is 0.818. The molecule has 1 heterocycles. The van der Waals surface area contributed by atoms with Crippen molar-refractivity contribution in [1.29, 1.82) is 0 Å². The first-order chi connectivity index (χ1) is 8.65. The van der Waals surface area contributed by atoms with Gasteiger partial charge in [-0.05, 0) is 49.5 Å². The molecule has 0 aromatic carbocycles. The van der Waals surface area contributed by atoms with E-state index in [-0.39, 0.29) is 0 Å². The van der Waals surface area contributed by atoms with Crippen molar-refractivity contribution in [2.75, 3.05) is 7.05 Å². The van der Waals surface area contributed by atoms with Gasteiger partial charge in [0, 0.05) is 17.8 Å². The molecule has 0 N–H and O–H groups in total. The summed E-state index contributed by atoms with van der Waals surface area (Å²) >= 11 is 6.31. The fourth-order valence-electron chi connectivity index (χ4n) is 2.15. The Bertz CT molecular complexity index is 542. The molecule has 0 spiro atoms. The summed E-state index contributed by atoms with van der Waals surface area (Å²) < 4.78 is 0. The second-order valence-corrected chi connectivity index (χ2v) is 4.88. The third kappa shape index (κ3) is 2.54. The van der Waals surface area contributed by atoms with Gasteiger partial charge in [0.2, 0.25) is 0 Å². The van der Waals surface area contributed by atoms with E-state index in [0.29, 0.717) is 0 Å². The number of hydrogen-bond acceptors (Lipinski definition) is 2. The molecule has 1 aliphatic rings. The van der Waals surface area contributed by atoms with E-state index >= 15 is 0 Å². The van der Waals surface area contributed by atoms with Gasteiger partial charge in [-0.1, -0.05) is 24.3 Å². The maximum Gasteiger partial charge on any atom is 0.0899 e. The SMILES string of the molecule is C=C/C(C)=C\C(=NC)c1cc(Cl)c2c(n1)CCC2. The fraction of sp³-hybridized carbons (Fsp3) is 0.333. The van der Waals surface area contributed by atoms with Crippen LogP contribution in [0.15, 0.2) is 35.4 Å². The Morgan fingerprint density at radius 1 is 1.50 bits per heavy atom. The number of halogens is 1. The third-order valence-electron chi connectivity index (χ3n) is 3.19. The fourth-order valence-corrected chi connectivity index (χ4v) is 2.46. The van der Waals surface area contributed by atoms with Gasteiger partial charge in [-0.25, -0.2) is 0 Å². The van der Waals surface area contributed by atoms with Gasteiger partial charge in [0.25, 0.3) is 0 Å². The summed E-state index contributed by atoms with van der Waals surface area (Å²) in [7, 11) is 1.77. The van der Waals surface area contributed by atoms with E-state index < -0.39 is 0 Å². The van der Waals surface area contributed by atoms with Crippen LogP contribution in [0.1, 0.15) is 30.3 Å². The number of allylic oxidation sites excluding steroid dienone is 3. The zero-order valence-corrected chi connectivity index (χ0v) is 11.6. The van der Waals surface area contributed by atoms with Crippen molar-refractivity contribution in [3.63, 3.8) is 0 Å². The summed E-state index contributed by atoms with van der Waals surface area (Å²) in [6, 6.07) is 1.92. The molecule has 1 aliphatic carbocycles. The molecule has 0 unspecified atom stereocenters. The number of nitrogens with zero attached hydrogens (tertiary/aromatic N) is 2. The van der Waals surface area contributed by atoms with E-state index in [0.717, 1.165) is 47.0 Å². The maximum absolute atomic E-state index is 6.31. The molecule has 0 saturated carbocycles. The highest BCUT2D eigenvalue weighted by atomic mass is 35.5. The van der Waals surface area contributed by atoms with E-state index in [9.17, 15) is 0 Å². The van der Waals surface area contributed by atoms with Gasteiger partial charge >= 0.3 is 0 Å².